The number of hydrogen-bond acceptors (Lipinski definition) is 7. The van der Waals surface area contributed by atoms with Gasteiger partial charge in [-0.2, -0.15) is 0 Å². The normalized spacial score (nSPS) is 10.8. The summed E-state index contributed by atoms with van der Waals surface area (Å²) >= 11 is 1.46. The van der Waals surface area contributed by atoms with E-state index >= 15 is 0 Å². The maximum atomic E-state index is 5.70. The molecule has 0 N–H and O–H groups in total. The van der Waals surface area contributed by atoms with Crippen LogP contribution in [0.2, 0.25) is 0 Å². The lowest BCUT2D eigenvalue weighted by Gasteiger charge is -2.03. The Hall–Kier alpha value is -3.00. The SMILES string of the molecule is c1ccc(-c2nnc(CSc3nncn3-c3ccccn3)o2)cc1. The molecule has 0 unspecified atom stereocenters. The van der Waals surface area contributed by atoms with Gasteiger partial charge in [-0.25, -0.2) is 4.98 Å². The lowest BCUT2D eigenvalue weighted by atomic mass is 10.2. The molecule has 8 heteroatoms. The minimum Gasteiger partial charge on any atom is -0.420 e. The third-order valence-corrected chi connectivity index (χ3v) is 4.15. The Morgan fingerprint density at radius 3 is 2.67 bits per heavy atom. The van der Waals surface area contributed by atoms with E-state index in [1.165, 1.54) is 11.8 Å². The molecular weight excluding hydrogens is 324 g/mol. The molecule has 0 aliphatic heterocycles. The van der Waals surface area contributed by atoms with E-state index in [-0.39, 0.29) is 0 Å². The molecule has 0 atom stereocenters. The Kier molecular flexibility index (Phi) is 4.03. The Morgan fingerprint density at radius 2 is 1.83 bits per heavy atom. The predicted molar refractivity (Wildman–Crippen MR) is 88.4 cm³/mol. The van der Waals surface area contributed by atoms with Gasteiger partial charge in [-0.15, -0.1) is 20.4 Å². The highest BCUT2D eigenvalue weighted by molar-refractivity contribution is 7.98. The molecule has 0 radical (unpaired) electrons. The van der Waals surface area contributed by atoms with Crippen LogP contribution in [0.1, 0.15) is 5.89 Å². The van der Waals surface area contributed by atoms with E-state index in [9.17, 15) is 0 Å². The molecule has 118 valence electrons. The Labute approximate surface area is 141 Å². The topological polar surface area (TPSA) is 82.5 Å². The Bertz CT molecular complexity index is 922. The first kappa shape index (κ1) is 14.6. The second kappa shape index (κ2) is 6.63. The maximum Gasteiger partial charge on any atom is 0.247 e. The summed E-state index contributed by atoms with van der Waals surface area (Å²) in [6.45, 7) is 0. The van der Waals surface area contributed by atoms with Gasteiger partial charge in [-0.05, 0) is 24.3 Å². The summed E-state index contributed by atoms with van der Waals surface area (Å²) < 4.78 is 7.52. The summed E-state index contributed by atoms with van der Waals surface area (Å²) in [6.07, 6.45) is 3.36. The van der Waals surface area contributed by atoms with Crippen molar-refractivity contribution in [3.8, 4) is 17.3 Å². The standard InChI is InChI=1S/C16H12N6OS/c1-2-6-12(7-3-1)15-20-19-14(23-15)10-24-16-21-18-11-22(16)13-8-4-5-9-17-13/h1-9,11H,10H2. The van der Waals surface area contributed by atoms with Crippen LogP contribution in [0.15, 0.2) is 70.6 Å². The second-order valence-corrected chi connectivity index (χ2v) is 5.77. The van der Waals surface area contributed by atoms with Crippen molar-refractivity contribution < 1.29 is 4.42 Å². The van der Waals surface area contributed by atoms with Crippen LogP contribution in [0.5, 0.6) is 0 Å². The molecule has 1 aromatic carbocycles. The zero-order valence-electron chi connectivity index (χ0n) is 12.5. The number of rotatable bonds is 5. The summed E-state index contributed by atoms with van der Waals surface area (Å²) in [7, 11) is 0. The third-order valence-electron chi connectivity index (χ3n) is 3.22. The highest BCUT2D eigenvalue weighted by Gasteiger charge is 2.12. The predicted octanol–water partition coefficient (Wildman–Crippen LogP) is 3.00. The zero-order valence-corrected chi connectivity index (χ0v) is 13.3. The molecule has 0 aliphatic carbocycles. The maximum absolute atomic E-state index is 5.70. The molecule has 0 spiro atoms. The summed E-state index contributed by atoms with van der Waals surface area (Å²) in [4.78, 5) is 4.30. The minimum absolute atomic E-state index is 0.505. The van der Waals surface area contributed by atoms with Crippen molar-refractivity contribution in [1.29, 1.82) is 0 Å². The molecule has 0 saturated carbocycles. The third kappa shape index (κ3) is 3.04. The molecule has 0 bridgehead atoms. The number of aromatic nitrogens is 6. The van der Waals surface area contributed by atoms with E-state index in [1.807, 2.05) is 53.1 Å². The van der Waals surface area contributed by atoms with Gasteiger partial charge in [0.25, 0.3) is 0 Å². The fraction of sp³-hybridized carbons (Fsp3) is 0.0625. The van der Waals surface area contributed by atoms with E-state index in [4.69, 9.17) is 4.42 Å². The van der Waals surface area contributed by atoms with Crippen LogP contribution in [0, 0.1) is 0 Å². The molecule has 0 fully saturated rings. The molecule has 4 aromatic rings. The highest BCUT2D eigenvalue weighted by Crippen LogP contribution is 2.24. The summed E-state index contributed by atoms with van der Waals surface area (Å²) in [6, 6.07) is 15.4. The van der Waals surface area contributed by atoms with Crippen molar-refractivity contribution in [2.45, 2.75) is 10.9 Å². The lowest BCUT2D eigenvalue weighted by molar-refractivity contribution is 0.528. The van der Waals surface area contributed by atoms with Gasteiger partial charge in [-0.1, -0.05) is 36.0 Å². The molecule has 0 saturated heterocycles. The first-order chi connectivity index (χ1) is 11.9. The van der Waals surface area contributed by atoms with Crippen molar-refractivity contribution in [2.24, 2.45) is 0 Å². The van der Waals surface area contributed by atoms with Gasteiger partial charge in [0.15, 0.2) is 5.16 Å². The van der Waals surface area contributed by atoms with Crippen molar-refractivity contribution >= 4 is 11.8 Å². The van der Waals surface area contributed by atoms with Crippen LogP contribution in [-0.4, -0.2) is 29.9 Å². The van der Waals surface area contributed by atoms with Crippen LogP contribution in [-0.2, 0) is 5.75 Å². The molecule has 0 amide bonds. The molecule has 24 heavy (non-hydrogen) atoms. The average Bonchev–Trinajstić information content (AvgIpc) is 3.31. The number of nitrogens with zero attached hydrogens (tertiary/aromatic N) is 6. The monoisotopic (exact) mass is 336 g/mol. The van der Waals surface area contributed by atoms with Crippen LogP contribution < -0.4 is 0 Å². The smallest absolute Gasteiger partial charge is 0.247 e. The molecular formula is C16H12N6OS. The first-order valence-corrected chi connectivity index (χ1v) is 8.21. The van der Waals surface area contributed by atoms with Gasteiger partial charge in [0.05, 0.1) is 5.75 Å². The van der Waals surface area contributed by atoms with E-state index < -0.39 is 0 Å². The van der Waals surface area contributed by atoms with E-state index in [0.717, 1.165) is 11.4 Å². The van der Waals surface area contributed by atoms with Crippen LogP contribution in [0.3, 0.4) is 0 Å². The fourth-order valence-electron chi connectivity index (χ4n) is 2.11. The van der Waals surface area contributed by atoms with Crippen LogP contribution in [0.4, 0.5) is 0 Å². The number of pyridine rings is 1. The molecule has 0 aliphatic rings. The lowest BCUT2D eigenvalue weighted by Crippen LogP contribution is -1.97. The molecule has 3 aromatic heterocycles. The highest BCUT2D eigenvalue weighted by atomic mass is 32.2. The Balaban J connectivity index is 1.49. The summed E-state index contributed by atoms with van der Waals surface area (Å²) in [5, 5.41) is 16.9. The van der Waals surface area contributed by atoms with Gasteiger partial charge in [0, 0.05) is 11.8 Å². The molecule has 3 heterocycles. The zero-order chi connectivity index (χ0) is 16.2. The second-order valence-electron chi connectivity index (χ2n) is 4.83. The largest absolute Gasteiger partial charge is 0.420 e. The van der Waals surface area contributed by atoms with Gasteiger partial charge < -0.3 is 4.42 Å². The number of thioether (sulfide) groups is 1. The van der Waals surface area contributed by atoms with Gasteiger partial charge in [-0.3, -0.25) is 4.57 Å². The van der Waals surface area contributed by atoms with Gasteiger partial charge >= 0.3 is 0 Å². The summed E-state index contributed by atoms with van der Waals surface area (Å²) in [5.41, 5.74) is 0.901. The van der Waals surface area contributed by atoms with Crippen molar-refractivity contribution in [2.75, 3.05) is 0 Å². The quantitative estimate of drug-likeness (QED) is 0.518. The fourth-order valence-corrected chi connectivity index (χ4v) is 2.87. The van der Waals surface area contributed by atoms with Gasteiger partial charge in [0.2, 0.25) is 11.8 Å². The first-order valence-electron chi connectivity index (χ1n) is 7.22. The van der Waals surface area contributed by atoms with Crippen molar-refractivity contribution in [3.05, 3.63) is 66.9 Å². The summed E-state index contributed by atoms with van der Waals surface area (Å²) in [5.74, 6) is 2.32. The number of benzene rings is 1. The number of hydrogen-bond donors (Lipinski definition) is 0. The minimum atomic E-state index is 0.505. The molecule has 7 nitrogen and oxygen atoms in total. The van der Waals surface area contributed by atoms with Crippen molar-refractivity contribution in [1.82, 2.24) is 29.9 Å². The van der Waals surface area contributed by atoms with E-state index in [1.54, 1.807) is 12.5 Å². The van der Waals surface area contributed by atoms with Crippen molar-refractivity contribution in [3.63, 3.8) is 0 Å². The van der Waals surface area contributed by atoms with Crippen LogP contribution in [0.25, 0.3) is 17.3 Å². The van der Waals surface area contributed by atoms with E-state index in [0.29, 0.717) is 22.7 Å². The van der Waals surface area contributed by atoms with E-state index in [2.05, 4.69) is 25.4 Å². The molecule has 4 rings (SSSR count). The van der Waals surface area contributed by atoms with Crippen LogP contribution >= 0.6 is 11.8 Å². The van der Waals surface area contributed by atoms with Gasteiger partial charge in [0.1, 0.15) is 12.1 Å². The Morgan fingerprint density at radius 1 is 0.958 bits per heavy atom. The average molecular weight is 336 g/mol.